The highest BCUT2D eigenvalue weighted by molar-refractivity contribution is 5.93. The monoisotopic (exact) mass is 260 g/mol. The van der Waals surface area contributed by atoms with Crippen LogP contribution in [0.3, 0.4) is 0 Å². The number of hydrogen-bond acceptors (Lipinski definition) is 5. The fraction of sp³-hybridized carbons (Fsp3) is 0.231. The van der Waals surface area contributed by atoms with Crippen LogP contribution >= 0.6 is 0 Å². The molecule has 98 valence electrons. The zero-order valence-corrected chi connectivity index (χ0v) is 10.5. The SMILES string of the molecule is CCOC(=O)c1nc2ccccc2n(C(C)=O)c1=O. The number of nitrogens with zero attached hydrogens (tertiary/aromatic N) is 2. The quantitative estimate of drug-likeness (QED) is 0.759. The lowest BCUT2D eigenvalue weighted by Crippen LogP contribution is -2.32. The summed E-state index contributed by atoms with van der Waals surface area (Å²) in [5, 5.41) is 0. The third-order valence-electron chi connectivity index (χ3n) is 2.54. The molecule has 0 spiro atoms. The van der Waals surface area contributed by atoms with Crippen molar-refractivity contribution >= 4 is 22.9 Å². The molecule has 6 heteroatoms. The van der Waals surface area contributed by atoms with Gasteiger partial charge in [0.25, 0.3) is 5.56 Å². The van der Waals surface area contributed by atoms with Crippen LogP contribution in [0.1, 0.15) is 29.1 Å². The molecule has 0 N–H and O–H groups in total. The predicted molar refractivity (Wildman–Crippen MR) is 68.3 cm³/mol. The van der Waals surface area contributed by atoms with Crippen molar-refractivity contribution in [2.24, 2.45) is 0 Å². The molecule has 0 fully saturated rings. The van der Waals surface area contributed by atoms with E-state index in [0.29, 0.717) is 11.0 Å². The molecule has 0 amide bonds. The first-order chi connectivity index (χ1) is 9.06. The average molecular weight is 260 g/mol. The zero-order valence-electron chi connectivity index (χ0n) is 10.5. The van der Waals surface area contributed by atoms with Crippen LogP contribution in [-0.2, 0) is 4.74 Å². The van der Waals surface area contributed by atoms with Crippen molar-refractivity contribution in [3.63, 3.8) is 0 Å². The van der Waals surface area contributed by atoms with Gasteiger partial charge in [0, 0.05) is 6.92 Å². The van der Waals surface area contributed by atoms with Crippen LogP contribution < -0.4 is 5.56 Å². The van der Waals surface area contributed by atoms with Gasteiger partial charge in [0.1, 0.15) is 0 Å². The highest BCUT2D eigenvalue weighted by Gasteiger charge is 2.19. The fourth-order valence-corrected chi connectivity index (χ4v) is 1.78. The van der Waals surface area contributed by atoms with Gasteiger partial charge in [-0.15, -0.1) is 0 Å². The summed E-state index contributed by atoms with van der Waals surface area (Å²) in [7, 11) is 0. The second-order valence-electron chi connectivity index (χ2n) is 3.83. The van der Waals surface area contributed by atoms with Crippen LogP contribution in [0.15, 0.2) is 29.1 Å². The first kappa shape index (κ1) is 12.9. The van der Waals surface area contributed by atoms with Crippen molar-refractivity contribution in [1.29, 1.82) is 0 Å². The van der Waals surface area contributed by atoms with Gasteiger partial charge < -0.3 is 4.74 Å². The second kappa shape index (κ2) is 5.01. The first-order valence-electron chi connectivity index (χ1n) is 5.76. The third kappa shape index (κ3) is 2.24. The number of aromatic nitrogens is 2. The molecule has 2 aromatic rings. The molecule has 0 bridgehead atoms. The lowest BCUT2D eigenvalue weighted by Gasteiger charge is -2.08. The van der Waals surface area contributed by atoms with E-state index >= 15 is 0 Å². The van der Waals surface area contributed by atoms with Gasteiger partial charge >= 0.3 is 5.97 Å². The summed E-state index contributed by atoms with van der Waals surface area (Å²) in [6.45, 7) is 3.01. The number of esters is 1. The number of hydrogen-bond donors (Lipinski definition) is 0. The molecule has 0 atom stereocenters. The summed E-state index contributed by atoms with van der Waals surface area (Å²) in [6.07, 6.45) is 0. The highest BCUT2D eigenvalue weighted by atomic mass is 16.5. The summed E-state index contributed by atoms with van der Waals surface area (Å²) in [4.78, 5) is 39.4. The molecule has 0 aliphatic heterocycles. The molecule has 1 aromatic carbocycles. The topological polar surface area (TPSA) is 78.3 Å². The van der Waals surface area contributed by atoms with Gasteiger partial charge in [-0.05, 0) is 19.1 Å². The maximum Gasteiger partial charge on any atom is 0.362 e. The zero-order chi connectivity index (χ0) is 14.0. The highest BCUT2D eigenvalue weighted by Crippen LogP contribution is 2.10. The minimum atomic E-state index is -0.826. The van der Waals surface area contributed by atoms with Crippen molar-refractivity contribution in [2.75, 3.05) is 6.61 Å². The molecule has 0 aliphatic carbocycles. The summed E-state index contributed by atoms with van der Waals surface area (Å²) in [5.41, 5.74) is -0.381. The van der Waals surface area contributed by atoms with Crippen LogP contribution in [-0.4, -0.2) is 28.0 Å². The van der Waals surface area contributed by atoms with Crippen molar-refractivity contribution < 1.29 is 14.3 Å². The number of carbonyl (C=O) groups excluding carboxylic acids is 2. The molecule has 0 saturated heterocycles. The Bertz CT molecular complexity index is 718. The van der Waals surface area contributed by atoms with E-state index in [1.807, 2.05) is 0 Å². The van der Waals surface area contributed by atoms with Gasteiger partial charge in [-0.1, -0.05) is 12.1 Å². The minimum Gasteiger partial charge on any atom is -0.461 e. The molecule has 1 heterocycles. The van der Waals surface area contributed by atoms with Gasteiger partial charge in [-0.3, -0.25) is 9.59 Å². The van der Waals surface area contributed by atoms with Crippen molar-refractivity contribution in [1.82, 2.24) is 9.55 Å². The summed E-state index contributed by atoms with van der Waals surface area (Å²) in [6, 6.07) is 6.61. The maximum atomic E-state index is 12.1. The predicted octanol–water partition coefficient (Wildman–Crippen LogP) is 1.23. The Balaban J connectivity index is 2.81. The normalized spacial score (nSPS) is 10.4. The first-order valence-corrected chi connectivity index (χ1v) is 5.76. The van der Waals surface area contributed by atoms with E-state index in [0.717, 1.165) is 4.57 Å². The second-order valence-corrected chi connectivity index (χ2v) is 3.83. The Hall–Kier alpha value is -2.50. The molecule has 0 unspecified atom stereocenters. The van der Waals surface area contributed by atoms with Crippen LogP contribution in [0.5, 0.6) is 0 Å². The van der Waals surface area contributed by atoms with E-state index in [-0.39, 0.29) is 12.3 Å². The van der Waals surface area contributed by atoms with E-state index in [1.165, 1.54) is 6.92 Å². The van der Waals surface area contributed by atoms with Gasteiger partial charge in [-0.2, -0.15) is 0 Å². The van der Waals surface area contributed by atoms with Crippen LogP contribution in [0, 0.1) is 0 Å². The number of fused-ring (bicyclic) bond motifs is 1. The van der Waals surface area contributed by atoms with Crippen molar-refractivity contribution in [3.8, 4) is 0 Å². The summed E-state index contributed by atoms with van der Waals surface area (Å²) in [5.74, 6) is -1.30. The molecular weight excluding hydrogens is 248 g/mol. The van der Waals surface area contributed by atoms with Gasteiger partial charge in [0.2, 0.25) is 11.6 Å². The van der Waals surface area contributed by atoms with Crippen molar-refractivity contribution in [3.05, 3.63) is 40.3 Å². The molecule has 0 aliphatic rings. The maximum absolute atomic E-state index is 12.1. The Labute approximate surface area is 108 Å². The van der Waals surface area contributed by atoms with E-state index in [2.05, 4.69) is 4.98 Å². The Morgan fingerprint density at radius 3 is 2.63 bits per heavy atom. The van der Waals surface area contributed by atoms with E-state index < -0.39 is 17.4 Å². The number of rotatable bonds is 2. The smallest absolute Gasteiger partial charge is 0.362 e. The third-order valence-corrected chi connectivity index (χ3v) is 2.54. The number of ether oxygens (including phenoxy) is 1. The van der Waals surface area contributed by atoms with Crippen LogP contribution in [0.2, 0.25) is 0 Å². The fourth-order valence-electron chi connectivity index (χ4n) is 1.78. The summed E-state index contributed by atoms with van der Waals surface area (Å²) >= 11 is 0. The standard InChI is InChI=1S/C13H12N2O4/c1-3-19-13(18)11-12(17)15(8(2)16)10-7-5-4-6-9(10)14-11/h4-7H,3H2,1-2H3. The Kier molecular flexibility index (Phi) is 3.41. The number of para-hydroxylation sites is 2. The summed E-state index contributed by atoms with van der Waals surface area (Å²) < 4.78 is 5.69. The Morgan fingerprint density at radius 1 is 1.32 bits per heavy atom. The number of benzene rings is 1. The molecular formula is C13H12N2O4. The molecule has 2 rings (SSSR count). The van der Waals surface area contributed by atoms with E-state index in [9.17, 15) is 14.4 Å². The average Bonchev–Trinajstić information content (AvgIpc) is 2.37. The lowest BCUT2D eigenvalue weighted by atomic mass is 10.2. The lowest BCUT2D eigenvalue weighted by molar-refractivity contribution is 0.0517. The Morgan fingerprint density at radius 2 is 2.00 bits per heavy atom. The van der Waals surface area contributed by atoms with E-state index in [4.69, 9.17) is 4.74 Å². The number of carbonyl (C=O) groups is 2. The minimum absolute atomic E-state index is 0.132. The van der Waals surface area contributed by atoms with E-state index in [1.54, 1.807) is 31.2 Å². The molecule has 19 heavy (non-hydrogen) atoms. The largest absolute Gasteiger partial charge is 0.461 e. The molecule has 1 aromatic heterocycles. The van der Waals surface area contributed by atoms with Gasteiger partial charge in [-0.25, -0.2) is 14.3 Å². The van der Waals surface area contributed by atoms with Gasteiger partial charge in [0.15, 0.2) is 0 Å². The molecule has 0 radical (unpaired) electrons. The van der Waals surface area contributed by atoms with Gasteiger partial charge in [0.05, 0.1) is 17.6 Å². The van der Waals surface area contributed by atoms with Crippen LogP contribution in [0.4, 0.5) is 0 Å². The molecule has 6 nitrogen and oxygen atoms in total. The van der Waals surface area contributed by atoms with Crippen molar-refractivity contribution in [2.45, 2.75) is 13.8 Å². The molecule has 0 saturated carbocycles. The van der Waals surface area contributed by atoms with Crippen LogP contribution in [0.25, 0.3) is 11.0 Å².